The van der Waals surface area contributed by atoms with Gasteiger partial charge in [-0.3, -0.25) is 9.69 Å². The molecule has 1 aliphatic rings. The van der Waals surface area contributed by atoms with E-state index in [0.717, 1.165) is 13.0 Å². The number of benzene rings is 2. The Morgan fingerprint density at radius 2 is 2.00 bits per heavy atom. The number of nitrogens with zero attached hydrogens (tertiary/aromatic N) is 1. The van der Waals surface area contributed by atoms with Crippen LogP contribution in [0.5, 0.6) is 0 Å². The largest absolute Gasteiger partial charge is 0.356 e. The minimum atomic E-state index is -0.181. The van der Waals surface area contributed by atoms with E-state index in [2.05, 4.69) is 41.4 Å². The SMILES string of the molecule is CCNC(=O)[C@H]1C[C@@H](c2cccc(C)c2)CN(Cc2ccccc2F)C1. The van der Waals surface area contributed by atoms with E-state index >= 15 is 0 Å². The van der Waals surface area contributed by atoms with Crippen molar-refractivity contribution in [2.24, 2.45) is 5.92 Å². The van der Waals surface area contributed by atoms with Crippen molar-refractivity contribution in [2.45, 2.75) is 32.7 Å². The van der Waals surface area contributed by atoms with Crippen LogP contribution >= 0.6 is 0 Å². The van der Waals surface area contributed by atoms with Crippen LogP contribution in [0.15, 0.2) is 48.5 Å². The molecule has 138 valence electrons. The quantitative estimate of drug-likeness (QED) is 0.884. The first-order valence-corrected chi connectivity index (χ1v) is 9.37. The van der Waals surface area contributed by atoms with E-state index in [4.69, 9.17) is 0 Å². The van der Waals surface area contributed by atoms with Gasteiger partial charge >= 0.3 is 0 Å². The van der Waals surface area contributed by atoms with Crippen LogP contribution in [0.2, 0.25) is 0 Å². The topological polar surface area (TPSA) is 32.3 Å². The molecule has 4 heteroatoms. The number of amides is 1. The second-order valence-electron chi connectivity index (χ2n) is 7.22. The summed E-state index contributed by atoms with van der Waals surface area (Å²) in [4.78, 5) is 14.7. The van der Waals surface area contributed by atoms with Crippen LogP contribution in [-0.4, -0.2) is 30.4 Å². The zero-order valence-electron chi connectivity index (χ0n) is 15.5. The molecule has 1 N–H and O–H groups in total. The van der Waals surface area contributed by atoms with Gasteiger partial charge in [0.1, 0.15) is 5.82 Å². The van der Waals surface area contributed by atoms with Crippen LogP contribution in [0.3, 0.4) is 0 Å². The number of halogens is 1. The smallest absolute Gasteiger partial charge is 0.224 e. The highest BCUT2D eigenvalue weighted by Gasteiger charge is 2.32. The molecule has 1 fully saturated rings. The fraction of sp³-hybridized carbons (Fsp3) is 0.409. The first-order chi connectivity index (χ1) is 12.6. The van der Waals surface area contributed by atoms with Crippen molar-refractivity contribution in [1.29, 1.82) is 0 Å². The molecule has 1 heterocycles. The Kier molecular flexibility index (Phi) is 6.04. The van der Waals surface area contributed by atoms with Crippen molar-refractivity contribution >= 4 is 5.91 Å². The summed E-state index contributed by atoms with van der Waals surface area (Å²) >= 11 is 0. The highest BCUT2D eigenvalue weighted by molar-refractivity contribution is 5.79. The molecule has 1 amide bonds. The molecule has 3 nitrogen and oxygen atoms in total. The van der Waals surface area contributed by atoms with E-state index in [1.54, 1.807) is 6.07 Å². The van der Waals surface area contributed by atoms with Crippen molar-refractivity contribution in [1.82, 2.24) is 10.2 Å². The van der Waals surface area contributed by atoms with Crippen LogP contribution < -0.4 is 5.32 Å². The Labute approximate surface area is 155 Å². The summed E-state index contributed by atoms with van der Waals surface area (Å²) in [6.45, 7) is 6.71. The van der Waals surface area contributed by atoms with Gasteiger partial charge in [-0.2, -0.15) is 0 Å². The van der Waals surface area contributed by atoms with Gasteiger partial charge in [0.2, 0.25) is 5.91 Å². The number of hydrogen-bond acceptors (Lipinski definition) is 2. The lowest BCUT2D eigenvalue weighted by Gasteiger charge is -2.37. The molecule has 2 atom stereocenters. The fourth-order valence-electron chi connectivity index (χ4n) is 3.86. The van der Waals surface area contributed by atoms with Crippen LogP contribution in [-0.2, 0) is 11.3 Å². The zero-order chi connectivity index (χ0) is 18.5. The van der Waals surface area contributed by atoms with Gasteiger partial charge in [-0.25, -0.2) is 4.39 Å². The molecular weight excluding hydrogens is 327 g/mol. The third-order valence-corrected chi connectivity index (χ3v) is 5.11. The summed E-state index contributed by atoms with van der Waals surface area (Å²) in [6, 6.07) is 15.4. The van der Waals surface area contributed by atoms with Gasteiger partial charge in [0.25, 0.3) is 0 Å². The minimum Gasteiger partial charge on any atom is -0.356 e. The van der Waals surface area contributed by atoms with E-state index in [0.29, 0.717) is 25.2 Å². The third kappa shape index (κ3) is 4.50. The Hall–Kier alpha value is -2.20. The summed E-state index contributed by atoms with van der Waals surface area (Å²) in [5.41, 5.74) is 3.17. The Morgan fingerprint density at radius 3 is 2.73 bits per heavy atom. The van der Waals surface area contributed by atoms with E-state index in [-0.39, 0.29) is 23.6 Å². The molecular formula is C22H27FN2O. The molecule has 0 spiro atoms. The number of rotatable bonds is 5. The average Bonchev–Trinajstić information content (AvgIpc) is 2.63. The van der Waals surface area contributed by atoms with Crippen molar-refractivity contribution < 1.29 is 9.18 Å². The second-order valence-corrected chi connectivity index (χ2v) is 7.22. The first kappa shape index (κ1) is 18.6. The molecule has 3 rings (SSSR count). The standard InChI is InChI=1S/C22H27FN2O/c1-3-24-22(26)20-12-19(17-9-6-7-16(2)11-17)14-25(15-20)13-18-8-4-5-10-21(18)23/h4-11,19-20H,3,12-15H2,1-2H3,(H,24,26)/t19-,20+/m1/s1. The number of nitrogens with one attached hydrogen (secondary N) is 1. The van der Waals surface area contributed by atoms with Gasteiger partial charge in [-0.1, -0.05) is 48.0 Å². The second kappa shape index (κ2) is 8.45. The van der Waals surface area contributed by atoms with Gasteiger partial charge in [-0.05, 0) is 37.8 Å². The molecule has 1 saturated heterocycles. The van der Waals surface area contributed by atoms with E-state index in [1.807, 2.05) is 19.1 Å². The Balaban J connectivity index is 1.82. The summed E-state index contributed by atoms with van der Waals surface area (Å²) in [7, 11) is 0. The Morgan fingerprint density at radius 1 is 1.19 bits per heavy atom. The highest BCUT2D eigenvalue weighted by atomic mass is 19.1. The average molecular weight is 354 g/mol. The summed E-state index contributed by atoms with van der Waals surface area (Å²) < 4.78 is 14.1. The lowest BCUT2D eigenvalue weighted by atomic mass is 9.83. The zero-order valence-corrected chi connectivity index (χ0v) is 15.5. The van der Waals surface area contributed by atoms with E-state index < -0.39 is 0 Å². The molecule has 26 heavy (non-hydrogen) atoms. The van der Waals surface area contributed by atoms with Gasteiger partial charge < -0.3 is 5.32 Å². The maximum Gasteiger partial charge on any atom is 0.224 e. The highest BCUT2D eigenvalue weighted by Crippen LogP contribution is 2.32. The van der Waals surface area contributed by atoms with Crippen LogP contribution in [0.25, 0.3) is 0 Å². The molecule has 0 unspecified atom stereocenters. The Bertz CT molecular complexity index is 761. The molecule has 0 aromatic heterocycles. The molecule has 2 aromatic carbocycles. The molecule has 0 saturated carbocycles. The number of likely N-dealkylation sites (tertiary alicyclic amines) is 1. The maximum atomic E-state index is 14.1. The summed E-state index contributed by atoms with van der Waals surface area (Å²) in [5, 5.41) is 2.95. The molecule has 2 aromatic rings. The number of carbonyl (C=O) groups is 1. The summed E-state index contributed by atoms with van der Waals surface area (Å²) in [5.74, 6) is 0.132. The minimum absolute atomic E-state index is 0.0685. The molecule has 0 aliphatic carbocycles. The molecule has 0 radical (unpaired) electrons. The molecule has 1 aliphatic heterocycles. The number of carbonyl (C=O) groups excluding carboxylic acids is 1. The summed E-state index contributed by atoms with van der Waals surface area (Å²) in [6.07, 6.45) is 0.836. The monoisotopic (exact) mass is 354 g/mol. The van der Waals surface area contributed by atoms with Gasteiger partial charge in [-0.15, -0.1) is 0 Å². The van der Waals surface area contributed by atoms with Crippen molar-refractivity contribution in [3.05, 3.63) is 71.0 Å². The third-order valence-electron chi connectivity index (χ3n) is 5.11. The maximum absolute atomic E-state index is 14.1. The van der Waals surface area contributed by atoms with Crippen molar-refractivity contribution in [3.8, 4) is 0 Å². The lowest BCUT2D eigenvalue weighted by Crippen LogP contribution is -2.45. The van der Waals surface area contributed by atoms with Crippen molar-refractivity contribution in [2.75, 3.05) is 19.6 Å². The van der Waals surface area contributed by atoms with E-state index in [1.165, 1.54) is 17.2 Å². The fourth-order valence-corrected chi connectivity index (χ4v) is 3.86. The first-order valence-electron chi connectivity index (χ1n) is 9.37. The van der Waals surface area contributed by atoms with Gasteiger partial charge in [0.05, 0.1) is 5.92 Å². The van der Waals surface area contributed by atoms with Gasteiger partial charge in [0, 0.05) is 31.7 Å². The van der Waals surface area contributed by atoms with Crippen molar-refractivity contribution in [3.63, 3.8) is 0 Å². The number of aryl methyl sites for hydroxylation is 1. The predicted octanol–water partition coefficient (Wildman–Crippen LogP) is 3.88. The predicted molar refractivity (Wildman–Crippen MR) is 102 cm³/mol. The van der Waals surface area contributed by atoms with Crippen LogP contribution in [0.4, 0.5) is 4.39 Å². The lowest BCUT2D eigenvalue weighted by molar-refractivity contribution is -0.127. The van der Waals surface area contributed by atoms with Crippen LogP contribution in [0.1, 0.15) is 36.0 Å². The number of hydrogen-bond donors (Lipinski definition) is 1. The molecule has 0 bridgehead atoms. The van der Waals surface area contributed by atoms with E-state index in [9.17, 15) is 9.18 Å². The normalized spacial score (nSPS) is 20.7. The van der Waals surface area contributed by atoms with Gasteiger partial charge in [0.15, 0.2) is 0 Å². The van der Waals surface area contributed by atoms with Crippen LogP contribution in [0, 0.1) is 18.7 Å². The number of piperidine rings is 1.